The maximum atomic E-state index is 12.4. The summed E-state index contributed by atoms with van der Waals surface area (Å²) in [5, 5.41) is 22.1. The van der Waals surface area contributed by atoms with Crippen LogP contribution in [0.4, 0.5) is 0 Å². The summed E-state index contributed by atoms with van der Waals surface area (Å²) in [7, 11) is 0. The molecule has 1 aromatic heterocycles. The number of thiophene rings is 1. The van der Waals surface area contributed by atoms with E-state index in [2.05, 4.69) is 4.90 Å². The third-order valence-electron chi connectivity index (χ3n) is 6.50. The Hall–Kier alpha value is -0.950. The maximum absolute atomic E-state index is 12.4. The third-order valence-corrected chi connectivity index (χ3v) is 7.36. The van der Waals surface area contributed by atoms with Crippen molar-refractivity contribution in [1.29, 1.82) is 0 Å². The zero-order valence-corrected chi connectivity index (χ0v) is 14.7. The molecule has 0 unspecified atom stereocenters. The number of amides is 1. The van der Waals surface area contributed by atoms with Crippen LogP contribution in [0.1, 0.15) is 41.8 Å². The average molecular weight is 350 g/mol. The molecule has 1 amide bonds. The molecule has 3 fully saturated rings. The van der Waals surface area contributed by atoms with Crippen LogP contribution in [0, 0.1) is 5.41 Å². The summed E-state index contributed by atoms with van der Waals surface area (Å²) in [5.74, 6) is 0.168. The number of piperidine rings is 2. The van der Waals surface area contributed by atoms with Gasteiger partial charge in [0.05, 0.1) is 17.1 Å². The van der Waals surface area contributed by atoms with Crippen LogP contribution in [-0.2, 0) is 0 Å². The van der Waals surface area contributed by atoms with Crippen LogP contribution in [0.25, 0.3) is 0 Å². The van der Waals surface area contributed by atoms with E-state index in [0.717, 1.165) is 56.7 Å². The summed E-state index contributed by atoms with van der Waals surface area (Å²) in [6, 6.07) is 4.36. The van der Waals surface area contributed by atoms with Crippen molar-refractivity contribution < 1.29 is 15.0 Å². The first-order valence-electron chi connectivity index (χ1n) is 9.03. The second-order valence-corrected chi connectivity index (χ2v) is 8.48. The predicted molar refractivity (Wildman–Crippen MR) is 93.1 cm³/mol. The standard InChI is InChI=1S/C18H26N2O3S/c21-15-12-16(22)18(15)5-9-19(10-6-18)13-3-7-20(8-4-13)17(23)14-2-1-11-24-14/h1-2,11,13,15-16,21-22H,3-10,12H2/t15-,16+. The topological polar surface area (TPSA) is 64.0 Å². The van der Waals surface area contributed by atoms with Gasteiger partial charge in [0.25, 0.3) is 5.91 Å². The molecule has 1 aliphatic carbocycles. The van der Waals surface area contributed by atoms with Gasteiger partial charge in [-0.2, -0.15) is 0 Å². The van der Waals surface area contributed by atoms with Gasteiger partial charge in [-0.25, -0.2) is 0 Å². The Morgan fingerprint density at radius 2 is 1.79 bits per heavy atom. The Labute approximate surface area is 146 Å². The van der Waals surface area contributed by atoms with E-state index < -0.39 is 0 Å². The molecule has 1 saturated carbocycles. The summed E-state index contributed by atoms with van der Waals surface area (Å²) in [6.07, 6.45) is 3.74. The predicted octanol–water partition coefficient (Wildman–Crippen LogP) is 1.56. The molecule has 24 heavy (non-hydrogen) atoms. The Bertz CT molecular complexity index is 565. The minimum atomic E-state index is -0.320. The van der Waals surface area contributed by atoms with Gasteiger partial charge < -0.3 is 20.0 Å². The normalized spacial score (nSPS) is 31.2. The van der Waals surface area contributed by atoms with Crippen LogP contribution in [0.3, 0.4) is 0 Å². The first kappa shape index (κ1) is 16.5. The largest absolute Gasteiger partial charge is 0.392 e. The zero-order valence-electron chi connectivity index (χ0n) is 13.9. The fourth-order valence-electron chi connectivity index (χ4n) is 4.70. The third kappa shape index (κ3) is 2.69. The fraction of sp³-hybridized carbons (Fsp3) is 0.722. The molecule has 2 N–H and O–H groups in total. The van der Waals surface area contributed by atoms with Crippen molar-refractivity contribution in [3.05, 3.63) is 22.4 Å². The lowest BCUT2D eigenvalue weighted by atomic mass is 9.58. The number of hydrogen-bond donors (Lipinski definition) is 2. The highest BCUT2D eigenvalue weighted by atomic mass is 32.1. The van der Waals surface area contributed by atoms with E-state index in [-0.39, 0.29) is 23.5 Å². The molecule has 2 atom stereocenters. The second kappa shape index (κ2) is 6.41. The van der Waals surface area contributed by atoms with Crippen molar-refractivity contribution in [3.63, 3.8) is 0 Å². The smallest absolute Gasteiger partial charge is 0.263 e. The van der Waals surface area contributed by atoms with E-state index in [1.165, 1.54) is 11.3 Å². The Morgan fingerprint density at radius 3 is 2.33 bits per heavy atom. The Morgan fingerprint density at radius 1 is 1.12 bits per heavy atom. The highest BCUT2D eigenvalue weighted by Crippen LogP contribution is 2.49. The van der Waals surface area contributed by atoms with Gasteiger partial charge in [-0.05, 0) is 50.2 Å². The molecule has 4 rings (SSSR count). The van der Waals surface area contributed by atoms with Crippen LogP contribution in [0.5, 0.6) is 0 Å². The summed E-state index contributed by atoms with van der Waals surface area (Å²) >= 11 is 1.51. The van der Waals surface area contributed by atoms with Crippen molar-refractivity contribution in [2.45, 2.75) is 50.4 Å². The van der Waals surface area contributed by atoms with E-state index in [1.54, 1.807) is 0 Å². The molecular formula is C18H26N2O3S. The van der Waals surface area contributed by atoms with Crippen molar-refractivity contribution >= 4 is 17.2 Å². The Kier molecular flexibility index (Phi) is 4.41. The molecule has 3 aliphatic rings. The van der Waals surface area contributed by atoms with Crippen LogP contribution < -0.4 is 0 Å². The number of carbonyl (C=O) groups excluding carboxylic acids is 1. The Balaban J connectivity index is 1.29. The number of likely N-dealkylation sites (tertiary alicyclic amines) is 2. The lowest BCUT2D eigenvalue weighted by molar-refractivity contribution is -0.192. The quantitative estimate of drug-likeness (QED) is 0.850. The molecule has 5 nitrogen and oxygen atoms in total. The van der Waals surface area contributed by atoms with Crippen LogP contribution in [-0.4, -0.2) is 70.3 Å². The first-order valence-corrected chi connectivity index (χ1v) is 9.91. The van der Waals surface area contributed by atoms with E-state index in [0.29, 0.717) is 12.5 Å². The van der Waals surface area contributed by atoms with Gasteiger partial charge in [-0.15, -0.1) is 11.3 Å². The fourth-order valence-corrected chi connectivity index (χ4v) is 5.40. The van der Waals surface area contributed by atoms with Crippen LogP contribution in [0.15, 0.2) is 17.5 Å². The molecule has 0 aromatic carbocycles. The highest BCUT2D eigenvalue weighted by Gasteiger charge is 2.55. The molecule has 0 radical (unpaired) electrons. The minimum absolute atomic E-state index is 0.168. The number of carbonyl (C=O) groups is 1. The van der Waals surface area contributed by atoms with Gasteiger partial charge in [0.15, 0.2) is 0 Å². The molecule has 2 aliphatic heterocycles. The van der Waals surface area contributed by atoms with Crippen molar-refractivity contribution in [3.8, 4) is 0 Å². The molecular weight excluding hydrogens is 324 g/mol. The average Bonchev–Trinajstić information content (AvgIpc) is 3.16. The number of rotatable bonds is 2. The van der Waals surface area contributed by atoms with Gasteiger partial charge in [0.1, 0.15) is 0 Å². The van der Waals surface area contributed by atoms with E-state index in [1.807, 2.05) is 22.4 Å². The van der Waals surface area contributed by atoms with Crippen LogP contribution >= 0.6 is 11.3 Å². The summed E-state index contributed by atoms with van der Waals surface area (Å²) in [4.78, 5) is 17.7. The molecule has 1 spiro atoms. The molecule has 2 saturated heterocycles. The number of aliphatic hydroxyl groups is 2. The monoisotopic (exact) mass is 350 g/mol. The second-order valence-electron chi connectivity index (χ2n) is 7.54. The number of hydrogen-bond acceptors (Lipinski definition) is 5. The van der Waals surface area contributed by atoms with Gasteiger partial charge in [-0.1, -0.05) is 6.07 Å². The van der Waals surface area contributed by atoms with E-state index in [9.17, 15) is 15.0 Å². The lowest BCUT2D eigenvalue weighted by Crippen LogP contribution is -2.62. The lowest BCUT2D eigenvalue weighted by Gasteiger charge is -2.56. The summed E-state index contributed by atoms with van der Waals surface area (Å²) in [6.45, 7) is 3.57. The maximum Gasteiger partial charge on any atom is 0.263 e. The molecule has 3 heterocycles. The number of aliphatic hydroxyl groups excluding tert-OH is 2. The van der Waals surface area contributed by atoms with E-state index >= 15 is 0 Å². The van der Waals surface area contributed by atoms with Gasteiger partial charge in [0.2, 0.25) is 0 Å². The van der Waals surface area contributed by atoms with Crippen molar-refractivity contribution in [1.82, 2.24) is 9.80 Å². The molecule has 0 bridgehead atoms. The minimum Gasteiger partial charge on any atom is -0.392 e. The van der Waals surface area contributed by atoms with Gasteiger partial charge in [-0.3, -0.25) is 4.79 Å². The molecule has 1 aromatic rings. The van der Waals surface area contributed by atoms with Gasteiger partial charge in [0, 0.05) is 31.0 Å². The SMILES string of the molecule is O=C(c1cccs1)N1CCC(N2CCC3(CC2)[C@H](O)C[C@@H]3O)CC1. The van der Waals surface area contributed by atoms with E-state index in [4.69, 9.17) is 0 Å². The number of nitrogens with zero attached hydrogens (tertiary/aromatic N) is 2. The summed E-state index contributed by atoms with van der Waals surface area (Å²) < 4.78 is 0. The van der Waals surface area contributed by atoms with Gasteiger partial charge >= 0.3 is 0 Å². The van der Waals surface area contributed by atoms with Crippen molar-refractivity contribution in [2.75, 3.05) is 26.2 Å². The highest BCUT2D eigenvalue weighted by molar-refractivity contribution is 7.12. The van der Waals surface area contributed by atoms with Crippen molar-refractivity contribution in [2.24, 2.45) is 5.41 Å². The zero-order chi connectivity index (χ0) is 16.7. The molecule has 132 valence electrons. The van der Waals surface area contributed by atoms with Crippen LogP contribution in [0.2, 0.25) is 0 Å². The summed E-state index contributed by atoms with van der Waals surface area (Å²) in [5.41, 5.74) is -0.230. The first-order chi connectivity index (χ1) is 11.6. The molecule has 6 heteroatoms.